The van der Waals surface area contributed by atoms with Crippen LogP contribution >= 0.6 is 0 Å². The Morgan fingerprint density at radius 1 is 1.50 bits per heavy atom. The van der Waals surface area contributed by atoms with Gasteiger partial charge in [0.1, 0.15) is 0 Å². The Hall–Kier alpha value is -0.720. The fourth-order valence-electron chi connectivity index (χ4n) is 1.08. The van der Waals surface area contributed by atoms with Crippen LogP contribution in [0.2, 0.25) is 0 Å². The van der Waals surface area contributed by atoms with Crippen LogP contribution in [-0.2, 0) is 0 Å². The molecule has 1 aliphatic heterocycles. The molecule has 10 heavy (non-hydrogen) atoms. The topological polar surface area (TPSA) is 3.24 Å². The number of nitrogens with zero attached hydrogens (tertiary/aromatic N) is 1. The minimum absolute atomic E-state index is 0.687. The zero-order valence-electron chi connectivity index (χ0n) is 6.96. The minimum atomic E-state index is 0.687. The van der Waals surface area contributed by atoms with Crippen LogP contribution < -0.4 is 0 Å². The lowest BCUT2D eigenvalue weighted by Gasteiger charge is -2.21. The van der Waals surface area contributed by atoms with Crippen LogP contribution in [-0.4, -0.2) is 18.5 Å². The molecule has 0 radical (unpaired) electrons. The third kappa shape index (κ3) is 1.63. The van der Waals surface area contributed by atoms with Crippen LogP contribution in [0.15, 0.2) is 23.9 Å². The Bertz CT molecular complexity index is 166. The SMILES string of the molecule is CC(C)C1=CC=CN(C)C1. The average Bonchev–Trinajstić information content (AvgIpc) is 1.88. The molecule has 0 saturated carbocycles. The van der Waals surface area contributed by atoms with Crippen molar-refractivity contribution in [2.24, 2.45) is 5.92 Å². The van der Waals surface area contributed by atoms with Gasteiger partial charge in [-0.1, -0.05) is 19.9 Å². The summed E-state index contributed by atoms with van der Waals surface area (Å²) in [5, 5.41) is 0. The van der Waals surface area contributed by atoms with Gasteiger partial charge in [0.25, 0.3) is 0 Å². The second-order valence-corrected chi connectivity index (χ2v) is 3.15. The van der Waals surface area contributed by atoms with Gasteiger partial charge in [0, 0.05) is 13.6 Å². The maximum absolute atomic E-state index is 2.23. The summed E-state index contributed by atoms with van der Waals surface area (Å²) in [5.41, 5.74) is 1.52. The van der Waals surface area contributed by atoms with Crippen LogP contribution in [0.1, 0.15) is 13.8 Å². The quantitative estimate of drug-likeness (QED) is 0.534. The summed E-state index contributed by atoms with van der Waals surface area (Å²) in [4.78, 5) is 2.20. The molecule has 0 aliphatic carbocycles. The second kappa shape index (κ2) is 2.91. The third-order valence-electron chi connectivity index (χ3n) is 1.82. The molecule has 0 unspecified atom stereocenters. The predicted octanol–water partition coefficient (Wildman–Crippen LogP) is 2.03. The van der Waals surface area contributed by atoms with Gasteiger partial charge in [-0.25, -0.2) is 0 Å². The van der Waals surface area contributed by atoms with Gasteiger partial charge in [-0.3, -0.25) is 0 Å². The Kier molecular flexibility index (Phi) is 2.15. The Morgan fingerprint density at radius 2 is 2.20 bits per heavy atom. The molecule has 56 valence electrons. The van der Waals surface area contributed by atoms with E-state index >= 15 is 0 Å². The van der Waals surface area contributed by atoms with Crippen molar-refractivity contribution in [1.82, 2.24) is 4.90 Å². The third-order valence-corrected chi connectivity index (χ3v) is 1.82. The van der Waals surface area contributed by atoms with Gasteiger partial charge in [0.2, 0.25) is 0 Å². The summed E-state index contributed by atoms with van der Waals surface area (Å²) < 4.78 is 0. The molecule has 0 aromatic carbocycles. The van der Waals surface area contributed by atoms with Gasteiger partial charge < -0.3 is 4.90 Å². The van der Waals surface area contributed by atoms with Gasteiger partial charge in [0.05, 0.1) is 0 Å². The lowest BCUT2D eigenvalue weighted by molar-refractivity contribution is 0.467. The first-order valence-electron chi connectivity index (χ1n) is 3.77. The van der Waals surface area contributed by atoms with Crippen molar-refractivity contribution in [2.45, 2.75) is 13.8 Å². The molecule has 0 aromatic rings. The van der Waals surface area contributed by atoms with Crippen molar-refractivity contribution >= 4 is 0 Å². The largest absolute Gasteiger partial charge is 0.376 e. The van der Waals surface area contributed by atoms with E-state index in [2.05, 4.69) is 44.1 Å². The van der Waals surface area contributed by atoms with E-state index in [4.69, 9.17) is 0 Å². The number of rotatable bonds is 1. The fraction of sp³-hybridized carbons (Fsp3) is 0.556. The van der Waals surface area contributed by atoms with E-state index in [1.54, 1.807) is 0 Å². The highest BCUT2D eigenvalue weighted by Crippen LogP contribution is 2.13. The highest BCUT2D eigenvalue weighted by Gasteiger charge is 2.05. The predicted molar refractivity (Wildman–Crippen MR) is 44.7 cm³/mol. The molecule has 1 heterocycles. The molecule has 0 amide bonds. The molecule has 0 aromatic heterocycles. The molecule has 0 N–H and O–H groups in total. The smallest absolute Gasteiger partial charge is 0.0385 e. The van der Waals surface area contributed by atoms with Gasteiger partial charge in [-0.15, -0.1) is 0 Å². The zero-order chi connectivity index (χ0) is 7.56. The van der Waals surface area contributed by atoms with E-state index in [1.165, 1.54) is 5.57 Å². The zero-order valence-corrected chi connectivity index (χ0v) is 6.96. The van der Waals surface area contributed by atoms with Gasteiger partial charge >= 0.3 is 0 Å². The molecule has 1 nitrogen and oxygen atoms in total. The van der Waals surface area contributed by atoms with Crippen molar-refractivity contribution < 1.29 is 0 Å². The molecule has 0 atom stereocenters. The van der Waals surface area contributed by atoms with Gasteiger partial charge in [-0.2, -0.15) is 0 Å². The highest BCUT2D eigenvalue weighted by molar-refractivity contribution is 5.19. The van der Waals surface area contributed by atoms with E-state index < -0.39 is 0 Å². The van der Waals surface area contributed by atoms with E-state index in [0.717, 1.165) is 6.54 Å². The monoisotopic (exact) mass is 137 g/mol. The van der Waals surface area contributed by atoms with Crippen molar-refractivity contribution in [2.75, 3.05) is 13.6 Å². The first kappa shape index (κ1) is 7.39. The Balaban J connectivity index is 2.61. The van der Waals surface area contributed by atoms with Crippen molar-refractivity contribution in [3.8, 4) is 0 Å². The summed E-state index contributed by atoms with van der Waals surface area (Å²) in [6.45, 7) is 5.56. The summed E-state index contributed by atoms with van der Waals surface area (Å²) in [7, 11) is 2.10. The lowest BCUT2D eigenvalue weighted by Crippen LogP contribution is -2.19. The van der Waals surface area contributed by atoms with E-state index in [1.807, 2.05) is 0 Å². The van der Waals surface area contributed by atoms with Crippen LogP contribution in [0.25, 0.3) is 0 Å². The molecule has 1 aliphatic rings. The van der Waals surface area contributed by atoms with Gasteiger partial charge in [-0.05, 0) is 23.8 Å². The summed E-state index contributed by atoms with van der Waals surface area (Å²) >= 11 is 0. The number of hydrogen-bond acceptors (Lipinski definition) is 1. The second-order valence-electron chi connectivity index (χ2n) is 3.15. The van der Waals surface area contributed by atoms with Crippen LogP contribution in [0, 0.1) is 5.92 Å². The summed E-state index contributed by atoms with van der Waals surface area (Å²) in [6.07, 6.45) is 6.43. The van der Waals surface area contributed by atoms with Crippen LogP contribution in [0.3, 0.4) is 0 Å². The first-order chi connectivity index (χ1) is 4.70. The Labute approximate surface area is 63.0 Å². The maximum atomic E-state index is 2.23. The van der Waals surface area contributed by atoms with E-state index in [-0.39, 0.29) is 0 Å². The van der Waals surface area contributed by atoms with E-state index in [9.17, 15) is 0 Å². The number of allylic oxidation sites excluding steroid dienone is 2. The highest BCUT2D eigenvalue weighted by atomic mass is 15.1. The van der Waals surface area contributed by atoms with Crippen molar-refractivity contribution in [3.63, 3.8) is 0 Å². The normalized spacial score (nSPS) is 18.0. The van der Waals surface area contributed by atoms with Crippen LogP contribution in [0.4, 0.5) is 0 Å². The van der Waals surface area contributed by atoms with Gasteiger partial charge in [0.15, 0.2) is 0 Å². The molecule has 0 bridgehead atoms. The maximum Gasteiger partial charge on any atom is 0.0385 e. The van der Waals surface area contributed by atoms with Crippen LogP contribution in [0.5, 0.6) is 0 Å². The molecule has 0 spiro atoms. The summed E-state index contributed by atoms with van der Waals surface area (Å²) in [5.74, 6) is 0.687. The lowest BCUT2D eigenvalue weighted by atomic mass is 10.0. The van der Waals surface area contributed by atoms with Crippen molar-refractivity contribution in [3.05, 3.63) is 23.9 Å². The average molecular weight is 137 g/mol. The molecule has 1 rings (SSSR count). The number of likely N-dealkylation sites (N-methyl/N-ethyl adjacent to an activating group) is 1. The molecular formula is C9H15N. The fourth-order valence-corrected chi connectivity index (χ4v) is 1.08. The molecular weight excluding hydrogens is 122 g/mol. The Morgan fingerprint density at radius 3 is 2.60 bits per heavy atom. The van der Waals surface area contributed by atoms with Crippen molar-refractivity contribution in [1.29, 1.82) is 0 Å². The molecule has 0 fully saturated rings. The number of hydrogen-bond donors (Lipinski definition) is 0. The molecule has 1 heteroatoms. The standard InChI is InChI=1S/C9H15N/c1-8(2)9-5-4-6-10(3)7-9/h4-6,8H,7H2,1-3H3. The first-order valence-corrected chi connectivity index (χ1v) is 3.77. The van der Waals surface area contributed by atoms with E-state index in [0.29, 0.717) is 5.92 Å². The minimum Gasteiger partial charge on any atom is -0.376 e. The summed E-state index contributed by atoms with van der Waals surface area (Å²) in [6, 6.07) is 0. The molecule has 0 saturated heterocycles.